The fraction of sp³-hybridized carbons (Fsp3) is 0.452. The summed E-state index contributed by atoms with van der Waals surface area (Å²) in [5.74, 6) is -2.53. The van der Waals surface area contributed by atoms with E-state index in [0.717, 1.165) is 44.1 Å². The maximum Gasteiger partial charge on any atom is 0.346 e. The van der Waals surface area contributed by atoms with E-state index in [1.807, 2.05) is 0 Å². The summed E-state index contributed by atoms with van der Waals surface area (Å²) in [6.07, 6.45) is 14.4. The van der Waals surface area contributed by atoms with Gasteiger partial charge >= 0.3 is 5.97 Å². The average Bonchev–Trinajstić information content (AvgIpc) is 2.90. The van der Waals surface area contributed by atoms with E-state index in [4.69, 9.17) is 9.47 Å². The van der Waals surface area contributed by atoms with Gasteiger partial charge in [-0.2, -0.15) is 0 Å². The summed E-state index contributed by atoms with van der Waals surface area (Å²) in [6.45, 7) is 5.76. The molecule has 0 aromatic heterocycles. The molecule has 0 saturated heterocycles. The van der Waals surface area contributed by atoms with Crippen molar-refractivity contribution in [2.45, 2.75) is 64.2 Å². The number of benzene rings is 2. The number of hydrogen-bond donors (Lipinski definition) is 0. The third kappa shape index (κ3) is 6.46. The molecule has 2 aromatic carbocycles. The molecule has 0 spiro atoms. The van der Waals surface area contributed by atoms with Crippen LogP contribution in [-0.4, -0.2) is 12.6 Å². The maximum absolute atomic E-state index is 15.2. The summed E-state index contributed by atoms with van der Waals surface area (Å²) < 4.78 is 54.8. The summed E-state index contributed by atoms with van der Waals surface area (Å²) in [7, 11) is 0. The van der Waals surface area contributed by atoms with Gasteiger partial charge in [0.25, 0.3) is 0 Å². The third-order valence-corrected chi connectivity index (χ3v) is 7.94. The number of hydrogen-bond acceptors (Lipinski definition) is 3. The first-order valence-electron chi connectivity index (χ1n) is 13.3. The van der Waals surface area contributed by atoms with Crippen molar-refractivity contribution in [3.8, 4) is 11.5 Å². The zero-order valence-electron chi connectivity index (χ0n) is 21.4. The highest BCUT2D eigenvalue weighted by Crippen LogP contribution is 2.49. The lowest BCUT2D eigenvalue weighted by Crippen LogP contribution is -2.30. The predicted molar refractivity (Wildman–Crippen MR) is 138 cm³/mol. The van der Waals surface area contributed by atoms with Crippen molar-refractivity contribution < 1.29 is 27.4 Å². The molecule has 0 heterocycles. The molecule has 2 aliphatic rings. The number of allylic oxidation sites excluding steroid dienone is 2. The highest BCUT2D eigenvalue weighted by molar-refractivity contribution is 5.91. The van der Waals surface area contributed by atoms with Crippen LogP contribution in [0.3, 0.4) is 0 Å². The minimum atomic E-state index is -1.25. The molecule has 2 fully saturated rings. The van der Waals surface area contributed by atoms with E-state index in [1.165, 1.54) is 49.6 Å². The zero-order chi connectivity index (χ0) is 26.4. The molecule has 2 aliphatic carbocycles. The van der Waals surface area contributed by atoms with Gasteiger partial charge < -0.3 is 9.47 Å². The van der Waals surface area contributed by atoms with Gasteiger partial charge in [-0.3, -0.25) is 0 Å². The second-order valence-corrected chi connectivity index (χ2v) is 10.3. The first-order chi connectivity index (χ1) is 17.9. The molecule has 2 saturated carbocycles. The van der Waals surface area contributed by atoms with E-state index in [-0.39, 0.29) is 24.0 Å². The summed E-state index contributed by atoms with van der Waals surface area (Å²) in [5.41, 5.74) is -0.236. The predicted octanol–water partition coefficient (Wildman–Crippen LogP) is 8.54. The van der Waals surface area contributed by atoms with Crippen molar-refractivity contribution >= 4 is 5.97 Å². The SMILES string of the molecule is C=CCOc1ccc(OC(=O)c2ccc(C3CCC4CC(CC/C=C/C)CCC4C3)c(F)c2F)c(F)c1. The number of rotatable bonds is 9. The summed E-state index contributed by atoms with van der Waals surface area (Å²) >= 11 is 0. The Morgan fingerprint density at radius 2 is 1.81 bits per heavy atom. The second-order valence-electron chi connectivity index (χ2n) is 10.3. The van der Waals surface area contributed by atoms with Crippen molar-refractivity contribution in [1.82, 2.24) is 0 Å². The molecule has 6 heteroatoms. The Kier molecular flexibility index (Phi) is 9.12. The molecule has 3 nitrogen and oxygen atoms in total. The lowest BCUT2D eigenvalue weighted by Gasteiger charge is -2.42. The van der Waals surface area contributed by atoms with Crippen LogP contribution in [0.5, 0.6) is 11.5 Å². The van der Waals surface area contributed by atoms with Crippen LogP contribution in [-0.2, 0) is 0 Å². The zero-order valence-corrected chi connectivity index (χ0v) is 21.4. The molecule has 0 bridgehead atoms. The van der Waals surface area contributed by atoms with Crippen LogP contribution in [0.15, 0.2) is 55.1 Å². The van der Waals surface area contributed by atoms with Crippen molar-refractivity contribution in [2.75, 3.05) is 6.61 Å². The van der Waals surface area contributed by atoms with Gasteiger partial charge in [0, 0.05) is 6.07 Å². The minimum Gasteiger partial charge on any atom is -0.489 e. The van der Waals surface area contributed by atoms with Crippen LogP contribution >= 0.6 is 0 Å². The first kappa shape index (κ1) is 27.0. The van der Waals surface area contributed by atoms with Gasteiger partial charge in [-0.25, -0.2) is 18.0 Å². The van der Waals surface area contributed by atoms with Crippen LogP contribution in [0.25, 0.3) is 0 Å². The number of carbonyl (C=O) groups excluding carboxylic acids is 1. The second kappa shape index (κ2) is 12.5. The fourth-order valence-corrected chi connectivity index (χ4v) is 6.03. The van der Waals surface area contributed by atoms with Crippen LogP contribution in [0.4, 0.5) is 13.2 Å². The lowest BCUT2D eigenvalue weighted by atomic mass is 9.63. The Balaban J connectivity index is 1.40. The molecular weight excluding hydrogens is 477 g/mol. The summed E-state index contributed by atoms with van der Waals surface area (Å²) in [6, 6.07) is 6.42. The average molecular weight is 513 g/mol. The first-order valence-corrected chi connectivity index (χ1v) is 13.3. The highest BCUT2D eigenvalue weighted by Gasteiger charge is 2.37. The molecule has 198 valence electrons. The van der Waals surface area contributed by atoms with Crippen LogP contribution in [0.2, 0.25) is 0 Å². The van der Waals surface area contributed by atoms with E-state index in [9.17, 15) is 9.18 Å². The van der Waals surface area contributed by atoms with E-state index in [1.54, 1.807) is 0 Å². The van der Waals surface area contributed by atoms with Gasteiger partial charge in [0.1, 0.15) is 12.4 Å². The van der Waals surface area contributed by atoms with Gasteiger partial charge in [-0.15, -0.1) is 0 Å². The Labute approximate surface area is 217 Å². The van der Waals surface area contributed by atoms with Crippen LogP contribution in [0.1, 0.15) is 80.1 Å². The number of carbonyl (C=O) groups is 1. The smallest absolute Gasteiger partial charge is 0.346 e. The quantitative estimate of drug-likeness (QED) is 0.192. The standard InChI is InChI=1S/C31H35F3O3/c1-3-5-6-7-20-8-9-22-18-23(11-10-21(22)17-20)25-13-14-26(30(34)29(25)33)31(35)37-28-15-12-24(19-27(28)32)36-16-4-2/h3-5,12-15,19-23H,2,6-11,16-18H2,1H3/b5-3+. The molecular formula is C31H35F3O3. The lowest BCUT2D eigenvalue weighted by molar-refractivity contribution is 0.0721. The molecule has 4 rings (SSSR count). The van der Waals surface area contributed by atoms with E-state index in [0.29, 0.717) is 17.4 Å². The molecule has 2 aromatic rings. The summed E-state index contributed by atoms with van der Waals surface area (Å²) in [5, 5.41) is 0. The number of ether oxygens (including phenoxy) is 2. The normalized spacial score (nSPS) is 23.5. The van der Waals surface area contributed by atoms with Crippen LogP contribution < -0.4 is 9.47 Å². The number of esters is 1. The molecule has 0 amide bonds. The summed E-state index contributed by atoms with van der Waals surface area (Å²) in [4.78, 5) is 12.6. The Bertz CT molecular complexity index is 1140. The number of halogens is 3. The van der Waals surface area contributed by atoms with E-state index < -0.39 is 29.0 Å². The maximum atomic E-state index is 15.2. The molecule has 0 N–H and O–H groups in total. The van der Waals surface area contributed by atoms with Crippen molar-refractivity contribution in [3.63, 3.8) is 0 Å². The van der Waals surface area contributed by atoms with E-state index >= 15 is 8.78 Å². The van der Waals surface area contributed by atoms with Crippen molar-refractivity contribution in [2.24, 2.45) is 17.8 Å². The minimum absolute atomic E-state index is 0.0686. The Morgan fingerprint density at radius 1 is 1.03 bits per heavy atom. The number of fused-ring (bicyclic) bond motifs is 1. The van der Waals surface area contributed by atoms with Gasteiger partial charge in [0.2, 0.25) is 0 Å². The molecule has 0 radical (unpaired) electrons. The van der Waals surface area contributed by atoms with Gasteiger partial charge in [0.15, 0.2) is 23.2 Å². The molecule has 37 heavy (non-hydrogen) atoms. The third-order valence-electron chi connectivity index (χ3n) is 7.94. The Morgan fingerprint density at radius 3 is 2.57 bits per heavy atom. The fourth-order valence-electron chi connectivity index (χ4n) is 6.03. The molecule has 0 aliphatic heterocycles. The largest absolute Gasteiger partial charge is 0.489 e. The van der Waals surface area contributed by atoms with Crippen LogP contribution in [0, 0.1) is 35.2 Å². The topological polar surface area (TPSA) is 35.5 Å². The van der Waals surface area contributed by atoms with Crippen molar-refractivity contribution in [1.29, 1.82) is 0 Å². The van der Waals surface area contributed by atoms with E-state index in [2.05, 4.69) is 25.7 Å². The van der Waals surface area contributed by atoms with Gasteiger partial charge in [0.05, 0.1) is 5.56 Å². The Hall–Kier alpha value is -3.02. The van der Waals surface area contributed by atoms with Gasteiger partial charge in [-0.05, 0) is 99.3 Å². The van der Waals surface area contributed by atoms with Gasteiger partial charge in [-0.1, -0.05) is 37.3 Å². The monoisotopic (exact) mass is 512 g/mol. The molecule has 4 unspecified atom stereocenters. The molecule has 4 atom stereocenters. The highest BCUT2D eigenvalue weighted by atomic mass is 19.2. The van der Waals surface area contributed by atoms with Crippen molar-refractivity contribution in [3.05, 3.63) is 83.7 Å².